The third kappa shape index (κ3) is 2.46. The van der Waals surface area contributed by atoms with E-state index in [1.54, 1.807) is 10.8 Å². The zero-order chi connectivity index (χ0) is 11.4. The zero-order valence-electron chi connectivity index (χ0n) is 9.19. The molecule has 0 aliphatic heterocycles. The van der Waals surface area contributed by atoms with Gasteiger partial charge in [0, 0.05) is 18.3 Å². The maximum Gasteiger partial charge on any atom is 0.339 e. The van der Waals surface area contributed by atoms with E-state index in [9.17, 15) is 9.59 Å². The summed E-state index contributed by atoms with van der Waals surface area (Å²) in [6.45, 7) is 3.92. The minimum atomic E-state index is -0.424. The standard InChI is InChI=1S/C11H15NO3/c1-4-8(2)12-7-9(11(14)15-3)5-6-10(12)13/h5-8H,4H2,1-3H3. The molecule has 1 unspecified atom stereocenters. The van der Waals surface area contributed by atoms with E-state index in [2.05, 4.69) is 4.74 Å². The SMILES string of the molecule is CCC(C)n1cc(C(=O)OC)ccc1=O. The molecule has 0 fully saturated rings. The van der Waals surface area contributed by atoms with Crippen molar-refractivity contribution >= 4 is 5.97 Å². The number of ether oxygens (including phenoxy) is 1. The number of aromatic nitrogens is 1. The van der Waals surface area contributed by atoms with Gasteiger partial charge in [-0.15, -0.1) is 0 Å². The van der Waals surface area contributed by atoms with Crippen LogP contribution in [0.15, 0.2) is 23.1 Å². The van der Waals surface area contributed by atoms with E-state index in [0.29, 0.717) is 5.56 Å². The first-order chi connectivity index (χ1) is 7.10. The van der Waals surface area contributed by atoms with Crippen molar-refractivity contribution in [3.05, 3.63) is 34.2 Å². The van der Waals surface area contributed by atoms with Gasteiger partial charge in [-0.25, -0.2) is 4.79 Å². The molecule has 0 aromatic carbocycles. The first kappa shape index (κ1) is 11.5. The Hall–Kier alpha value is -1.58. The number of rotatable bonds is 3. The third-order valence-corrected chi connectivity index (χ3v) is 2.42. The molecular formula is C11H15NO3. The second kappa shape index (κ2) is 4.77. The number of pyridine rings is 1. The molecule has 0 amide bonds. The van der Waals surface area contributed by atoms with Crippen LogP contribution in [-0.2, 0) is 4.74 Å². The predicted octanol–water partition coefficient (Wildman–Crippen LogP) is 1.61. The van der Waals surface area contributed by atoms with Gasteiger partial charge in [-0.2, -0.15) is 0 Å². The second-order valence-corrected chi connectivity index (χ2v) is 3.41. The summed E-state index contributed by atoms with van der Waals surface area (Å²) in [4.78, 5) is 22.7. The smallest absolute Gasteiger partial charge is 0.339 e. The molecule has 1 heterocycles. The summed E-state index contributed by atoms with van der Waals surface area (Å²) < 4.78 is 6.14. The van der Waals surface area contributed by atoms with Gasteiger partial charge in [0.15, 0.2) is 0 Å². The van der Waals surface area contributed by atoms with Gasteiger partial charge in [0.2, 0.25) is 0 Å². The lowest BCUT2D eigenvalue weighted by Gasteiger charge is -2.13. The molecule has 0 saturated carbocycles. The van der Waals surface area contributed by atoms with Crippen LogP contribution < -0.4 is 5.56 Å². The first-order valence-electron chi connectivity index (χ1n) is 4.90. The summed E-state index contributed by atoms with van der Waals surface area (Å²) in [5.41, 5.74) is 0.300. The lowest BCUT2D eigenvalue weighted by Crippen LogP contribution is -2.23. The largest absolute Gasteiger partial charge is 0.465 e. The molecule has 0 saturated heterocycles. The Morgan fingerprint density at radius 3 is 2.73 bits per heavy atom. The van der Waals surface area contributed by atoms with Crippen LogP contribution in [0.3, 0.4) is 0 Å². The molecule has 82 valence electrons. The lowest BCUT2D eigenvalue weighted by atomic mass is 10.2. The molecule has 0 aliphatic rings. The molecule has 15 heavy (non-hydrogen) atoms. The summed E-state index contributed by atoms with van der Waals surface area (Å²) in [5, 5.41) is 0. The molecule has 0 radical (unpaired) electrons. The maximum atomic E-state index is 11.5. The molecule has 0 spiro atoms. The topological polar surface area (TPSA) is 48.3 Å². The van der Waals surface area contributed by atoms with Crippen LogP contribution in [0, 0.1) is 0 Å². The van der Waals surface area contributed by atoms with Crippen LogP contribution in [0.4, 0.5) is 0 Å². The van der Waals surface area contributed by atoms with Gasteiger partial charge in [-0.3, -0.25) is 4.79 Å². The Kier molecular flexibility index (Phi) is 3.66. The maximum absolute atomic E-state index is 11.5. The molecule has 4 nitrogen and oxygen atoms in total. The number of hydrogen-bond acceptors (Lipinski definition) is 3. The number of hydrogen-bond donors (Lipinski definition) is 0. The van der Waals surface area contributed by atoms with Crippen LogP contribution in [-0.4, -0.2) is 17.6 Å². The van der Waals surface area contributed by atoms with Crippen molar-refractivity contribution < 1.29 is 9.53 Å². The molecule has 1 aromatic heterocycles. The van der Waals surface area contributed by atoms with E-state index in [4.69, 9.17) is 0 Å². The van der Waals surface area contributed by atoms with Gasteiger partial charge in [0.1, 0.15) is 0 Å². The van der Waals surface area contributed by atoms with Crippen molar-refractivity contribution in [2.75, 3.05) is 7.11 Å². The summed E-state index contributed by atoms with van der Waals surface area (Å²) in [5.74, 6) is -0.424. The highest BCUT2D eigenvalue weighted by Gasteiger charge is 2.09. The minimum Gasteiger partial charge on any atom is -0.465 e. The van der Waals surface area contributed by atoms with Crippen LogP contribution in [0.1, 0.15) is 36.7 Å². The highest BCUT2D eigenvalue weighted by molar-refractivity contribution is 5.88. The van der Waals surface area contributed by atoms with E-state index in [-0.39, 0.29) is 11.6 Å². The summed E-state index contributed by atoms with van der Waals surface area (Å²) in [6.07, 6.45) is 2.38. The Balaban J connectivity index is 3.16. The highest BCUT2D eigenvalue weighted by atomic mass is 16.5. The average Bonchev–Trinajstić information content (AvgIpc) is 2.27. The number of nitrogens with zero attached hydrogens (tertiary/aromatic N) is 1. The number of esters is 1. The van der Waals surface area contributed by atoms with E-state index in [1.165, 1.54) is 19.2 Å². The fourth-order valence-electron chi connectivity index (χ4n) is 1.28. The predicted molar refractivity (Wildman–Crippen MR) is 57.0 cm³/mol. The summed E-state index contributed by atoms with van der Waals surface area (Å²) >= 11 is 0. The Morgan fingerprint density at radius 1 is 1.53 bits per heavy atom. The van der Waals surface area contributed by atoms with E-state index < -0.39 is 5.97 Å². The average molecular weight is 209 g/mol. The lowest BCUT2D eigenvalue weighted by molar-refractivity contribution is 0.0599. The zero-order valence-corrected chi connectivity index (χ0v) is 9.19. The molecule has 0 bridgehead atoms. The number of methoxy groups -OCH3 is 1. The first-order valence-corrected chi connectivity index (χ1v) is 4.90. The molecule has 1 aromatic rings. The number of carbonyl (C=O) groups excluding carboxylic acids is 1. The highest BCUT2D eigenvalue weighted by Crippen LogP contribution is 2.08. The summed E-state index contributed by atoms with van der Waals surface area (Å²) in [7, 11) is 1.32. The fraction of sp³-hybridized carbons (Fsp3) is 0.455. The number of carbonyl (C=O) groups is 1. The third-order valence-electron chi connectivity index (χ3n) is 2.42. The van der Waals surface area contributed by atoms with Crippen molar-refractivity contribution in [3.8, 4) is 0 Å². The van der Waals surface area contributed by atoms with Crippen molar-refractivity contribution in [2.45, 2.75) is 26.3 Å². The molecule has 1 atom stereocenters. The fourth-order valence-corrected chi connectivity index (χ4v) is 1.28. The second-order valence-electron chi connectivity index (χ2n) is 3.41. The van der Waals surface area contributed by atoms with Crippen molar-refractivity contribution in [1.82, 2.24) is 4.57 Å². The van der Waals surface area contributed by atoms with E-state index in [0.717, 1.165) is 6.42 Å². The van der Waals surface area contributed by atoms with Gasteiger partial charge in [0.05, 0.1) is 12.7 Å². The van der Waals surface area contributed by atoms with Crippen molar-refractivity contribution in [3.63, 3.8) is 0 Å². The van der Waals surface area contributed by atoms with Crippen LogP contribution >= 0.6 is 0 Å². The van der Waals surface area contributed by atoms with Gasteiger partial charge in [-0.1, -0.05) is 6.92 Å². The molecule has 4 heteroatoms. The Morgan fingerprint density at radius 2 is 2.20 bits per heavy atom. The summed E-state index contributed by atoms with van der Waals surface area (Å²) in [6, 6.07) is 2.95. The van der Waals surface area contributed by atoms with Gasteiger partial charge in [0.25, 0.3) is 5.56 Å². The normalized spacial score (nSPS) is 12.2. The quantitative estimate of drug-likeness (QED) is 0.710. The molecular weight excluding hydrogens is 194 g/mol. The Labute approximate surface area is 88.5 Å². The van der Waals surface area contributed by atoms with Crippen molar-refractivity contribution in [1.29, 1.82) is 0 Å². The van der Waals surface area contributed by atoms with Crippen LogP contribution in [0.25, 0.3) is 0 Å². The van der Waals surface area contributed by atoms with Gasteiger partial charge in [-0.05, 0) is 19.4 Å². The van der Waals surface area contributed by atoms with Gasteiger partial charge >= 0.3 is 5.97 Å². The minimum absolute atomic E-state index is 0.0853. The van der Waals surface area contributed by atoms with Crippen LogP contribution in [0.2, 0.25) is 0 Å². The molecule has 1 rings (SSSR count). The van der Waals surface area contributed by atoms with E-state index >= 15 is 0 Å². The van der Waals surface area contributed by atoms with E-state index in [1.807, 2.05) is 13.8 Å². The monoisotopic (exact) mass is 209 g/mol. The molecule has 0 aliphatic carbocycles. The van der Waals surface area contributed by atoms with Crippen molar-refractivity contribution in [2.24, 2.45) is 0 Å². The molecule has 0 N–H and O–H groups in total. The van der Waals surface area contributed by atoms with Crippen LogP contribution in [0.5, 0.6) is 0 Å². The van der Waals surface area contributed by atoms with Gasteiger partial charge < -0.3 is 9.30 Å². The Bertz CT molecular complexity index is 409.